The molecule has 0 heterocycles. The van der Waals surface area contributed by atoms with Gasteiger partial charge in [-0.05, 0) is 80.1 Å². The second-order valence-corrected chi connectivity index (χ2v) is 14.2. The van der Waals surface area contributed by atoms with Crippen molar-refractivity contribution in [2.24, 2.45) is 0 Å². The molecule has 1 aliphatic carbocycles. The van der Waals surface area contributed by atoms with Crippen LogP contribution in [0.4, 0.5) is 5.69 Å². The third-order valence-corrected chi connectivity index (χ3v) is 10.6. The highest BCUT2D eigenvalue weighted by atomic mass is 32.2. The fourth-order valence-electron chi connectivity index (χ4n) is 5.95. The Hall–Kier alpha value is -4.43. The van der Waals surface area contributed by atoms with E-state index in [0.29, 0.717) is 12.1 Å². The number of carbonyl (C=O) groups excluding carboxylic acids is 2. The molecule has 46 heavy (non-hydrogen) atoms. The lowest BCUT2D eigenvalue weighted by molar-refractivity contribution is -0.140. The first kappa shape index (κ1) is 32.9. The molecule has 1 aliphatic rings. The molecule has 8 heteroatoms. The molecule has 7 nitrogen and oxygen atoms in total. The van der Waals surface area contributed by atoms with Crippen molar-refractivity contribution in [2.75, 3.05) is 10.8 Å². The summed E-state index contributed by atoms with van der Waals surface area (Å²) in [6.07, 6.45) is 4.23. The van der Waals surface area contributed by atoms with Gasteiger partial charge >= 0.3 is 0 Å². The molecule has 4 aromatic rings. The molecular weight excluding hydrogens is 595 g/mol. The molecule has 1 saturated carbocycles. The summed E-state index contributed by atoms with van der Waals surface area (Å²) in [6, 6.07) is 30.4. The molecule has 4 aromatic carbocycles. The SMILES string of the molecule is Cc1ccc(S(=O)(=O)N(CC(=O)N(Cc2ccccc2)[C@H](Cc2ccccc2)C(=O)NC2CCCC2)c2ccc(C)c(C)c2)cc1. The highest BCUT2D eigenvalue weighted by molar-refractivity contribution is 7.92. The van der Waals surface area contributed by atoms with Gasteiger partial charge in [-0.25, -0.2) is 8.42 Å². The lowest BCUT2D eigenvalue weighted by atomic mass is 10.0. The van der Waals surface area contributed by atoms with Crippen LogP contribution < -0.4 is 9.62 Å². The van der Waals surface area contributed by atoms with Crippen LogP contribution in [0, 0.1) is 20.8 Å². The number of hydrogen-bond donors (Lipinski definition) is 1. The number of anilines is 1. The highest BCUT2D eigenvalue weighted by Crippen LogP contribution is 2.27. The number of amides is 2. The predicted molar refractivity (Wildman–Crippen MR) is 183 cm³/mol. The number of aryl methyl sites for hydroxylation is 3. The Morgan fingerprint density at radius 2 is 1.39 bits per heavy atom. The van der Waals surface area contributed by atoms with Gasteiger partial charge in [0.15, 0.2) is 0 Å². The largest absolute Gasteiger partial charge is 0.352 e. The van der Waals surface area contributed by atoms with Crippen LogP contribution in [-0.4, -0.2) is 43.8 Å². The summed E-state index contributed by atoms with van der Waals surface area (Å²) in [5.74, 6) is -0.681. The molecule has 2 amide bonds. The number of sulfonamides is 1. The first-order valence-electron chi connectivity index (χ1n) is 16.0. The standard InChI is InChI=1S/C38H43N3O4S/c1-28-18-22-35(23-19-28)46(44,45)41(34-21-20-29(2)30(3)24-34)27-37(42)40(26-32-14-8-5-9-15-32)36(25-31-12-6-4-7-13-31)38(43)39-33-16-10-11-17-33/h4-9,12-15,18-24,33,36H,10-11,16-17,25-27H2,1-3H3,(H,39,43)/t36-/m1/s1. The quantitative estimate of drug-likeness (QED) is 0.192. The van der Waals surface area contributed by atoms with Gasteiger partial charge in [0.25, 0.3) is 10.0 Å². The number of nitrogens with one attached hydrogen (secondary N) is 1. The molecule has 0 aliphatic heterocycles. The molecule has 1 N–H and O–H groups in total. The van der Waals surface area contributed by atoms with Gasteiger partial charge in [0.1, 0.15) is 12.6 Å². The van der Waals surface area contributed by atoms with E-state index in [1.807, 2.05) is 87.5 Å². The summed E-state index contributed by atoms with van der Waals surface area (Å²) in [5.41, 5.74) is 5.01. The maximum atomic E-state index is 14.6. The Balaban J connectivity index is 1.56. The highest BCUT2D eigenvalue weighted by Gasteiger charge is 2.35. The first-order valence-corrected chi connectivity index (χ1v) is 17.4. The lowest BCUT2D eigenvalue weighted by Crippen LogP contribution is -2.54. The molecule has 0 saturated heterocycles. The summed E-state index contributed by atoms with van der Waals surface area (Å²) in [5, 5.41) is 3.22. The number of nitrogens with zero attached hydrogens (tertiary/aromatic N) is 2. The average Bonchev–Trinajstić information content (AvgIpc) is 3.57. The van der Waals surface area contributed by atoms with E-state index in [9.17, 15) is 18.0 Å². The van der Waals surface area contributed by atoms with E-state index in [-0.39, 0.29) is 23.4 Å². The average molecular weight is 638 g/mol. The minimum absolute atomic E-state index is 0.0633. The molecule has 0 bridgehead atoms. The van der Waals surface area contributed by atoms with E-state index in [4.69, 9.17) is 0 Å². The van der Waals surface area contributed by atoms with E-state index in [2.05, 4.69) is 5.32 Å². The van der Waals surface area contributed by atoms with Crippen LogP contribution in [0.1, 0.15) is 53.5 Å². The van der Waals surface area contributed by atoms with Crippen molar-refractivity contribution in [1.82, 2.24) is 10.2 Å². The Morgan fingerprint density at radius 1 is 0.783 bits per heavy atom. The minimum atomic E-state index is -4.14. The van der Waals surface area contributed by atoms with Crippen molar-refractivity contribution >= 4 is 27.5 Å². The summed E-state index contributed by atoms with van der Waals surface area (Å²) >= 11 is 0. The lowest BCUT2D eigenvalue weighted by Gasteiger charge is -2.34. The van der Waals surface area contributed by atoms with Crippen LogP contribution in [0.2, 0.25) is 0 Å². The van der Waals surface area contributed by atoms with E-state index in [1.54, 1.807) is 41.3 Å². The van der Waals surface area contributed by atoms with Gasteiger partial charge in [-0.1, -0.05) is 97.3 Å². The van der Waals surface area contributed by atoms with E-state index in [0.717, 1.165) is 53.5 Å². The Bertz CT molecular complexity index is 1740. The van der Waals surface area contributed by atoms with Crippen LogP contribution in [0.15, 0.2) is 108 Å². The molecule has 1 fully saturated rings. The third-order valence-electron chi connectivity index (χ3n) is 8.83. The van der Waals surface area contributed by atoms with Gasteiger partial charge in [-0.2, -0.15) is 0 Å². The predicted octanol–water partition coefficient (Wildman–Crippen LogP) is 6.51. The topological polar surface area (TPSA) is 86.8 Å². The molecule has 1 atom stereocenters. The fraction of sp³-hybridized carbons (Fsp3) is 0.316. The molecule has 5 rings (SSSR count). The van der Waals surface area contributed by atoms with Gasteiger partial charge < -0.3 is 10.2 Å². The number of carbonyl (C=O) groups is 2. The van der Waals surface area contributed by atoms with Crippen molar-refractivity contribution in [3.8, 4) is 0 Å². The van der Waals surface area contributed by atoms with E-state index in [1.165, 1.54) is 4.31 Å². The fourth-order valence-corrected chi connectivity index (χ4v) is 7.35. The normalized spacial score (nSPS) is 14.1. The smallest absolute Gasteiger partial charge is 0.264 e. The summed E-state index contributed by atoms with van der Waals surface area (Å²) < 4.78 is 29.7. The maximum Gasteiger partial charge on any atom is 0.264 e. The second-order valence-electron chi connectivity index (χ2n) is 12.3. The zero-order valence-corrected chi connectivity index (χ0v) is 27.7. The van der Waals surface area contributed by atoms with Gasteiger partial charge in [-0.15, -0.1) is 0 Å². The Morgan fingerprint density at radius 3 is 2.00 bits per heavy atom. The van der Waals surface area contributed by atoms with Crippen LogP contribution in [0.5, 0.6) is 0 Å². The first-order chi connectivity index (χ1) is 22.1. The van der Waals surface area contributed by atoms with Gasteiger partial charge in [0.2, 0.25) is 11.8 Å². The van der Waals surface area contributed by atoms with Crippen molar-refractivity contribution in [3.05, 3.63) is 131 Å². The zero-order chi connectivity index (χ0) is 32.7. The Labute approximate surface area is 273 Å². The minimum Gasteiger partial charge on any atom is -0.352 e. The van der Waals surface area contributed by atoms with Gasteiger partial charge in [0, 0.05) is 19.0 Å². The molecule has 0 spiro atoms. The molecule has 0 unspecified atom stereocenters. The third kappa shape index (κ3) is 8.04. The maximum absolute atomic E-state index is 14.6. The molecule has 240 valence electrons. The van der Waals surface area contributed by atoms with Gasteiger partial charge in [-0.3, -0.25) is 13.9 Å². The second kappa shape index (κ2) is 14.8. The van der Waals surface area contributed by atoms with Crippen LogP contribution >= 0.6 is 0 Å². The summed E-state index contributed by atoms with van der Waals surface area (Å²) in [4.78, 5) is 30.4. The monoisotopic (exact) mass is 637 g/mol. The van der Waals surface area contributed by atoms with E-state index >= 15 is 0 Å². The van der Waals surface area contributed by atoms with Gasteiger partial charge in [0.05, 0.1) is 10.6 Å². The molecular formula is C38H43N3O4S. The van der Waals surface area contributed by atoms with Crippen molar-refractivity contribution in [2.45, 2.75) is 76.4 Å². The Kier molecular flexibility index (Phi) is 10.6. The van der Waals surface area contributed by atoms with Crippen molar-refractivity contribution < 1.29 is 18.0 Å². The summed E-state index contributed by atoms with van der Waals surface area (Å²) in [7, 11) is -4.14. The van der Waals surface area contributed by atoms with Crippen LogP contribution in [0.3, 0.4) is 0 Å². The number of rotatable bonds is 12. The number of benzene rings is 4. The summed E-state index contributed by atoms with van der Waals surface area (Å²) in [6.45, 7) is 5.46. The molecule has 0 aromatic heterocycles. The van der Waals surface area contributed by atoms with E-state index < -0.39 is 28.5 Å². The van der Waals surface area contributed by atoms with Crippen molar-refractivity contribution in [1.29, 1.82) is 0 Å². The van der Waals surface area contributed by atoms with Crippen LogP contribution in [0.25, 0.3) is 0 Å². The number of hydrogen-bond acceptors (Lipinski definition) is 4. The molecule has 0 radical (unpaired) electrons. The van der Waals surface area contributed by atoms with Crippen molar-refractivity contribution in [3.63, 3.8) is 0 Å². The van der Waals surface area contributed by atoms with Crippen LogP contribution in [-0.2, 0) is 32.6 Å². The zero-order valence-electron chi connectivity index (χ0n) is 26.9.